The van der Waals surface area contributed by atoms with Gasteiger partial charge in [0, 0.05) is 6.20 Å². The van der Waals surface area contributed by atoms with Crippen LogP contribution in [-0.4, -0.2) is 10.9 Å². The van der Waals surface area contributed by atoms with Crippen LogP contribution in [0.3, 0.4) is 0 Å². The van der Waals surface area contributed by atoms with E-state index in [1.165, 1.54) is 18.3 Å². The lowest BCUT2D eigenvalue weighted by Gasteiger charge is -2.07. The first-order chi connectivity index (χ1) is 8.99. The Hall–Kier alpha value is -2.57. The van der Waals surface area contributed by atoms with E-state index < -0.39 is 29.0 Å². The fraction of sp³-hybridized carbons (Fsp3) is 0. The lowest BCUT2D eigenvalue weighted by Crippen LogP contribution is -2.14. The van der Waals surface area contributed by atoms with Crippen molar-refractivity contribution < 1.29 is 18.0 Å². The number of anilines is 2. The third kappa shape index (κ3) is 2.65. The minimum absolute atomic E-state index is 0.110. The molecule has 19 heavy (non-hydrogen) atoms. The number of aromatic nitrogens is 1. The number of hydrogen-bond donors (Lipinski definition) is 2. The molecule has 1 aromatic heterocycles. The molecule has 98 valence electrons. The Morgan fingerprint density at radius 2 is 1.84 bits per heavy atom. The maximum Gasteiger partial charge on any atom is 0.257 e. The van der Waals surface area contributed by atoms with Crippen molar-refractivity contribution in [3.05, 3.63) is 53.5 Å². The zero-order valence-corrected chi connectivity index (χ0v) is 9.45. The van der Waals surface area contributed by atoms with E-state index >= 15 is 0 Å². The second-order valence-electron chi connectivity index (χ2n) is 3.65. The first-order valence-electron chi connectivity index (χ1n) is 5.15. The van der Waals surface area contributed by atoms with Gasteiger partial charge >= 0.3 is 0 Å². The molecular weight excluding hydrogens is 259 g/mol. The van der Waals surface area contributed by atoms with Crippen molar-refractivity contribution in [1.82, 2.24) is 4.98 Å². The molecule has 2 aromatic rings. The number of halogens is 3. The highest BCUT2D eigenvalue weighted by Gasteiger charge is 2.16. The molecule has 3 N–H and O–H groups in total. The van der Waals surface area contributed by atoms with Crippen LogP contribution in [0.5, 0.6) is 0 Å². The zero-order chi connectivity index (χ0) is 14.0. The summed E-state index contributed by atoms with van der Waals surface area (Å²) in [5.74, 6) is -4.93. The van der Waals surface area contributed by atoms with Gasteiger partial charge in [-0.3, -0.25) is 4.79 Å². The smallest absolute Gasteiger partial charge is 0.257 e. The predicted molar refractivity (Wildman–Crippen MR) is 62.9 cm³/mol. The van der Waals surface area contributed by atoms with Crippen LogP contribution in [-0.2, 0) is 0 Å². The Morgan fingerprint density at radius 1 is 1.11 bits per heavy atom. The van der Waals surface area contributed by atoms with Crippen molar-refractivity contribution >= 4 is 17.4 Å². The maximum absolute atomic E-state index is 13.3. The summed E-state index contributed by atoms with van der Waals surface area (Å²) in [6, 6.07) is 4.40. The van der Waals surface area contributed by atoms with Gasteiger partial charge in [0.25, 0.3) is 5.91 Å². The average Bonchev–Trinajstić information content (AvgIpc) is 2.40. The third-order valence-electron chi connectivity index (χ3n) is 2.33. The van der Waals surface area contributed by atoms with Gasteiger partial charge in [0.15, 0.2) is 17.5 Å². The molecule has 0 atom stereocenters. The first kappa shape index (κ1) is 12.9. The lowest BCUT2D eigenvalue weighted by molar-refractivity contribution is 0.102. The summed E-state index contributed by atoms with van der Waals surface area (Å²) < 4.78 is 39.0. The van der Waals surface area contributed by atoms with Crippen molar-refractivity contribution in [2.24, 2.45) is 0 Å². The summed E-state index contributed by atoms with van der Waals surface area (Å²) in [6.07, 6.45) is 1.18. The number of carbonyl (C=O) groups is 1. The highest BCUT2D eigenvalue weighted by atomic mass is 19.2. The number of nitrogens with one attached hydrogen (secondary N) is 1. The van der Waals surface area contributed by atoms with Crippen LogP contribution < -0.4 is 11.1 Å². The normalized spacial score (nSPS) is 10.3. The molecule has 4 nitrogen and oxygen atoms in total. The topological polar surface area (TPSA) is 68.0 Å². The summed E-state index contributed by atoms with van der Waals surface area (Å²) in [6.45, 7) is 0. The summed E-state index contributed by atoms with van der Waals surface area (Å²) >= 11 is 0. The van der Waals surface area contributed by atoms with Gasteiger partial charge in [0.05, 0.1) is 11.3 Å². The first-order valence-corrected chi connectivity index (χ1v) is 5.15. The highest BCUT2D eigenvalue weighted by molar-refractivity contribution is 6.04. The van der Waals surface area contributed by atoms with E-state index in [0.717, 1.165) is 12.1 Å². The molecular formula is C12H8F3N3O. The Balaban J connectivity index is 2.24. The lowest BCUT2D eigenvalue weighted by atomic mass is 10.2. The van der Waals surface area contributed by atoms with Crippen LogP contribution in [0.25, 0.3) is 0 Å². The molecule has 1 amide bonds. The quantitative estimate of drug-likeness (QED) is 0.820. The molecule has 0 unspecified atom stereocenters. The summed E-state index contributed by atoms with van der Waals surface area (Å²) in [7, 11) is 0. The Kier molecular flexibility index (Phi) is 3.37. The number of nitrogens with zero attached hydrogens (tertiary/aromatic N) is 1. The summed E-state index contributed by atoms with van der Waals surface area (Å²) in [5, 5.41) is 2.11. The van der Waals surface area contributed by atoms with Gasteiger partial charge in [0.2, 0.25) is 0 Å². The summed E-state index contributed by atoms with van der Waals surface area (Å²) in [5.41, 5.74) is 5.00. The molecule has 0 bridgehead atoms. The number of hydrogen-bond acceptors (Lipinski definition) is 3. The van der Waals surface area contributed by atoms with Crippen molar-refractivity contribution in [3.63, 3.8) is 0 Å². The molecule has 0 aliphatic rings. The van der Waals surface area contributed by atoms with E-state index in [1.807, 2.05) is 0 Å². The maximum atomic E-state index is 13.3. The molecule has 1 heterocycles. The Labute approximate surface area is 106 Å². The molecule has 0 radical (unpaired) electrons. The van der Waals surface area contributed by atoms with Gasteiger partial charge in [-0.1, -0.05) is 0 Å². The molecule has 1 aromatic carbocycles. The fourth-order valence-electron chi connectivity index (χ4n) is 1.36. The van der Waals surface area contributed by atoms with E-state index in [4.69, 9.17) is 5.73 Å². The average molecular weight is 267 g/mol. The molecule has 0 aliphatic heterocycles. The molecule has 0 saturated heterocycles. The highest BCUT2D eigenvalue weighted by Crippen LogP contribution is 2.20. The van der Waals surface area contributed by atoms with E-state index in [-0.39, 0.29) is 11.4 Å². The van der Waals surface area contributed by atoms with Crippen LogP contribution >= 0.6 is 0 Å². The standard InChI is InChI=1S/C12H8F3N3O/c13-7-2-3-8(11(15)10(7)14)18-12(19)6-1-4-9(16)17-5-6/h1-5H,(H2,16,17)(H,18,19). The van der Waals surface area contributed by atoms with Crippen molar-refractivity contribution in [3.8, 4) is 0 Å². The van der Waals surface area contributed by atoms with Crippen LogP contribution in [0.1, 0.15) is 10.4 Å². The minimum Gasteiger partial charge on any atom is -0.384 e. The number of benzene rings is 1. The minimum atomic E-state index is -1.65. The van der Waals surface area contributed by atoms with E-state index in [2.05, 4.69) is 10.3 Å². The number of pyridine rings is 1. The van der Waals surface area contributed by atoms with Crippen molar-refractivity contribution in [2.45, 2.75) is 0 Å². The van der Waals surface area contributed by atoms with E-state index in [0.29, 0.717) is 0 Å². The van der Waals surface area contributed by atoms with Crippen LogP contribution in [0.15, 0.2) is 30.5 Å². The number of rotatable bonds is 2. The van der Waals surface area contributed by atoms with Gasteiger partial charge in [-0.15, -0.1) is 0 Å². The van der Waals surface area contributed by atoms with Gasteiger partial charge in [-0.25, -0.2) is 18.2 Å². The Bertz CT molecular complexity index is 629. The molecule has 2 rings (SSSR count). The van der Waals surface area contributed by atoms with Gasteiger partial charge < -0.3 is 11.1 Å². The van der Waals surface area contributed by atoms with Gasteiger partial charge in [-0.2, -0.15) is 0 Å². The number of nitrogen functional groups attached to an aromatic ring is 1. The van der Waals surface area contributed by atoms with Crippen LogP contribution in [0.4, 0.5) is 24.7 Å². The molecule has 0 fully saturated rings. The largest absolute Gasteiger partial charge is 0.384 e. The molecule has 0 spiro atoms. The SMILES string of the molecule is Nc1ccc(C(=O)Nc2ccc(F)c(F)c2F)cn1. The molecule has 7 heteroatoms. The number of amides is 1. The molecule has 0 aliphatic carbocycles. The van der Waals surface area contributed by atoms with E-state index in [9.17, 15) is 18.0 Å². The molecule has 0 saturated carbocycles. The number of carbonyl (C=O) groups excluding carboxylic acids is 1. The zero-order valence-electron chi connectivity index (χ0n) is 9.45. The third-order valence-corrected chi connectivity index (χ3v) is 2.33. The van der Waals surface area contributed by atoms with E-state index in [1.54, 1.807) is 0 Å². The van der Waals surface area contributed by atoms with Gasteiger partial charge in [0.1, 0.15) is 5.82 Å². The van der Waals surface area contributed by atoms with Gasteiger partial charge in [-0.05, 0) is 24.3 Å². The second-order valence-corrected chi connectivity index (χ2v) is 3.65. The Morgan fingerprint density at radius 3 is 2.47 bits per heavy atom. The van der Waals surface area contributed by atoms with Crippen molar-refractivity contribution in [1.29, 1.82) is 0 Å². The fourth-order valence-corrected chi connectivity index (χ4v) is 1.36. The summed E-state index contributed by atoms with van der Waals surface area (Å²) in [4.78, 5) is 15.4. The number of nitrogens with two attached hydrogens (primary N) is 1. The predicted octanol–water partition coefficient (Wildman–Crippen LogP) is 2.33. The van der Waals surface area contributed by atoms with Crippen LogP contribution in [0, 0.1) is 17.5 Å². The van der Waals surface area contributed by atoms with Crippen LogP contribution in [0.2, 0.25) is 0 Å². The second kappa shape index (κ2) is 4.97. The van der Waals surface area contributed by atoms with Crippen molar-refractivity contribution in [2.75, 3.05) is 11.1 Å². The monoisotopic (exact) mass is 267 g/mol.